The largest absolute Gasteiger partial charge is 0.350 e. The van der Waals surface area contributed by atoms with Crippen LogP contribution in [0.15, 0.2) is 12.4 Å². The van der Waals surface area contributed by atoms with Gasteiger partial charge in [-0.2, -0.15) is 0 Å². The fourth-order valence-corrected chi connectivity index (χ4v) is 10.2. The van der Waals surface area contributed by atoms with E-state index in [9.17, 15) is 22.8 Å². The van der Waals surface area contributed by atoms with Crippen LogP contribution in [0.4, 0.5) is 0 Å². The maximum Gasteiger partial charge on any atom is 0.226 e. The molecule has 0 spiro atoms. The zero-order valence-electron chi connectivity index (χ0n) is 48.4. The fourth-order valence-electron chi connectivity index (χ4n) is 9.03. The summed E-state index contributed by atoms with van der Waals surface area (Å²) >= 11 is 0. The third-order valence-corrected chi connectivity index (χ3v) is 15.4. The number of nitrogens with one attached hydrogen (secondary N) is 1. The zero-order valence-corrected chi connectivity index (χ0v) is 49.2. The van der Waals surface area contributed by atoms with E-state index in [0.717, 1.165) is 76.1 Å². The molecule has 3 heterocycles. The quantitative estimate of drug-likeness (QED) is 0.153. The molecule has 2 fully saturated rings. The van der Waals surface area contributed by atoms with Gasteiger partial charge in [-0.25, -0.2) is 8.42 Å². The summed E-state index contributed by atoms with van der Waals surface area (Å²) in [6.45, 7) is 46.7. The zero-order chi connectivity index (χ0) is 53.2. The number of nitrogens with zero attached hydrogens (tertiary/aromatic N) is 5. The van der Waals surface area contributed by atoms with Crippen molar-refractivity contribution in [2.45, 2.75) is 215 Å². The van der Waals surface area contributed by atoms with E-state index in [4.69, 9.17) is 0 Å². The molecule has 11 nitrogen and oxygen atoms in total. The SMILES string of the molecule is CC(C)(C)CCCCC(C(=O)N1CCS(=O)(=O)CC1)C(C)(C)C.CN1CCN(C(=O)C(CCCCC(C)(C)C)C(C)(C)C)CC1.Cc1cnc(CNC(=O)C(CCCCC(C)(C)C)C(C)(C)C)cn1. The van der Waals surface area contributed by atoms with E-state index in [1.165, 1.54) is 38.5 Å². The van der Waals surface area contributed by atoms with E-state index in [-0.39, 0.29) is 57.3 Å². The molecule has 1 aromatic rings. The topological polar surface area (TPSA) is 133 Å². The molecule has 1 aromatic heterocycles. The molecule has 2 aliphatic heterocycles. The van der Waals surface area contributed by atoms with E-state index in [0.29, 0.717) is 41.8 Å². The first-order valence-corrected chi connectivity index (χ1v) is 28.7. The van der Waals surface area contributed by atoms with Gasteiger partial charge in [0.05, 0.1) is 35.6 Å². The third kappa shape index (κ3) is 28.3. The van der Waals surface area contributed by atoms with Gasteiger partial charge < -0.3 is 20.0 Å². The first-order valence-electron chi connectivity index (χ1n) is 26.8. The second-order valence-corrected chi connectivity index (χ2v) is 30.0. The Morgan fingerprint density at radius 2 is 0.899 bits per heavy atom. The summed E-state index contributed by atoms with van der Waals surface area (Å²) in [5.74, 6) is 1.04. The first-order chi connectivity index (χ1) is 31.3. The number of hydrogen-bond donors (Lipinski definition) is 1. The number of likely N-dealkylation sites (N-methyl/N-ethyl adjacent to an activating group) is 1. The van der Waals surface area contributed by atoms with Gasteiger partial charge in [0, 0.05) is 63.2 Å². The molecular formula is C57H108N6O5S. The normalized spacial score (nSPS) is 17.7. The van der Waals surface area contributed by atoms with Gasteiger partial charge in [0.25, 0.3) is 0 Å². The highest BCUT2D eigenvalue weighted by Gasteiger charge is 2.37. The van der Waals surface area contributed by atoms with Gasteiger partial charge in [0.1, 0.15) is 0 Å². The van der Waals surface area contributed by atoms with Gasteiger partial charge in [-0.05, 0) is 85.0 Å². The number of aryl methyl sites for hydroxylation is 1. The van der Waals surface area contributed by atoms with Crippen LogP contribution < -0.4 is 5.32 Å². The maximum absolute atomic E-state index is 13.0. The molecule has 2 aliphatic rings. The second kappa shape index (κ2) is 28.0. The number of hydrogen-bond acceptors (Lipinski definition) is 8. The minimum Gasteiger partial charge on any atom is -0.350 e. The number of unbranched alkanes of at least 4 members (excludes halogenated alkanes) is 3. The smallest absolute Gasteiger partial charge is 0.226 e. The van der Waals surface area contributed by atoms with Crippen LogP contribution in [-0.4, -0.2) is 109 Å². The number of sulfone groups is 1. The highest BCUT2D eigenvalue weighted by Crippen LogP contribution is 2.36. The highest BCUT2D eigenvalue weighted by atomic mass is 32.2. The minimum absolute atomic E-state index is 0.0240. The summed E-state index contributed by atoms with van der Waals surface area (Å²) in [5.41, 5.74) is 2.72. The molecule has 3 amide bonds. The van der Waals surface area contributed by atoms with Gasteiger partial charge in [-0.1, -0.05) is 163 Å². The van der Waals surface area contributed by atoms with Crippen molar-refractivity contribution in [3.8, 4) is 0 Å². The molecule has 0 bridgehead atoms. The summed E-state index contributed by atoms with van der Waals surface area (Å²) in [5, 5.41) is 3.04. The number of carbonyl (C=O) groups excluding carboxylic acids is 3. The Morgan fingerprint density at radius 1 is 0.536 bits per heavy atom. The summed E-state index contributed by atoms with van der Waals surface area (Å²) in [6.07, 6.45) is 16.8. The Balaban J connectivity index is 0.000000518. The van der Waals surface area contributed by atoms with Crippen LogP contribution in [0.3, 0.4) is 0 Å². The van der Waals surface area contributed by atoms with Crippen molar-refractivity contribution in [2.75, 3.05) is 57.8 Å². The summed E-state index contributed by atoms with van der Waals surface area (Å²) < 4.78 is 23.1. The van der Waals surface area contributed by atoms with Gasteiger partial charge in [0.15, 0.2) is 9.84 Å². The Kier molecular flexibility index (Phi) is 26.2. The molecule has 2 saturated heterocycles. The van der Waals surface area contributed by atoms with E-state index in [1.807, 2.05) is 6.92 Å². The van der Waals surface area contributed by atoms with Crippen molar-refractivity contribution in [2.24, 2.45) is 50.2 Å². The minimum atomic E-state index is -2.94. The molecule has 3 atom stereocenters. The van der Waals surface area contributed by atoms with Gasteiger partial charge in [0.2, 0.25) is 17.7 Å². The first kappa shape index (κ1) is 64.4. The predicted molar refractivity (Wildman–Crippen MR) is 291 cm³/mol. The van der Waals surface area contributed by atoms with E-state index in [2.05, 4.69) is 157 Å². The van der Waals surface area contributed by atoms with Crippen LogP contribution in [0.5, 0.6) is 0 Å². The molecule has 0 aliphatic carbocycles. The number of rotatable bonds is 17. The Bertz CT molecular complexity index is 1750. The van der Waals surface area contributed by atoms with Crippen molar-refractivity contribution in [1.29, 1.82) is 0 Å². The van der Waals surface area contributed by atoms with E-state index < -0.39 is 9.84 Å². The Morgan fingerprint density at radius 3 is 1.23 bits per heavy atom. The average Bonchev–Trinajstić information content (AvgIpc) is 3.18. The van der Waals surface area contributed by atoms with Crippen molar-refractivity contribution < 1.29 is 22.8 Å². The van der Waals surface area contributed by atoms with E-state index >= 15 is 0 Å². The maximum atomic E-state index is 13.0. The summed E-state index contributed by atoms with van der Waals surface area (Å²) in [6, 6.07) is 0. The van der Waals surface area contributed by atoms with Gasteiger partial charge in [-0.3, -0.25) is 24.4 Å². The average molecular weight is 990 g/mol. The van der Waals surface area contributed by atoms with Crippen LogP contribution in [0.25, 0.3) is 0 Å². The number of carbonyl (C=O) groups is 3. The Hall–Kier alpha value is -2.60. The standard InChI is InChI=1S/C20H35N3O.C19H38N2O.C18H35NO3S/c1-15-12-22-16(13-21-15)14-23-18(24)17(20(5,6)7)10-8-9-11-19(2,3)4;1-18(2,3)11-9-8-10-16(19(4,5)6)17(22)21-14-12-20(7)13-15-21;1-17(2,3)10-8-7-9-15(18(4,5)6)16(20)19-11-13-23(21,22)14-12-19/h12-13,17H,8-11,14H2,1-7H3,(H,23,24);16H,8-15H2,1-7H3;15H,7-14H2,1-6H3. The third-order valence-electron chi connectivity index (χ3n) is 13.8. The van der Waals surface area contributed by atoms with Crippen LogP contribution in [0, 0.1) is 57.2 Å². The van der Waals surface area contributed by atoms with E-state index in [1.54, 1.807) is 17.3 Å². The molecule has 3 rings (SSSR count). The molecule has 0 aromatic carbocycles. The van der Waals surface area contributed by atoms with Crippen LogP contribution >= 0.6 is 0 Å². The molecule has 0 radical (unpaired) electrons. The highest BCUT2D eigenvalue weighted by molar-refractivity contribution is 7.91. The molecular weight excluding hydrogens is 881 g/mol. The van der Waals surface area contributed by atoms with Crippen LogP contribution in [-0.2, 0) is 30.8 Å². The summed E-state index contributed by atoms with van der Waals surface area (Å²) in [7, 11) is -0.807. The lowest BCUT2D eigenvalue weighted by molar-refractivity contribution is -0.141. The van der Waals surface area contributed by atoms with Crippen molar-refractivity contribution >= 4 is 27.6 Å². The molecule has 1 N–H and O–H groups in total. The lowest BCUT2D eigenvalue weighted by Gasteiger charge is -2.38. The molecule has 402 valence electrons. The Labute approximate surface area is 425 Å². The van der Waals surface area contributed by atoms with Gasteiger partial charge in [-0.15, -0.1) is 0 Å². The van der Waals surface area contributed by atoms with Crippen molar-refractivity contribution in [3.05, 3.63) is 23.8 Å². The predicted octanol–water partition coefficient (Wildman–Crippen LogP) is 12.2. The second-order valence-electron chi connectivity index (χ2n) is 27.6. The lowest BCUT2D eigenvalue weighted by Crippen LogP contribution is -2.50. The van der Waals surface area contributed by atoms with Crippen LogP contribution in [0.1, 0.15) is 213 Å². The summed E-state index contributed by atoms with van der Waals surface area (Å²) in [4.78, 5) is 53.2. The number of amides is 3. The molecule has 69 heavy (non-hydrogen) atoms. The van der Waals surface area contributed by atoms with Gasteiger partial charge >= 0.3 is 0 Å². The van der Waals surface area contributed by atoms with Crippen LogP contribution in [0.2, 0.25) is 0 Å². The molecule has 0 saturated carbocycles. The molecule has 12 heteroatoms. The van der Waals surface area contributed by atoms with Crippen molar-refractivity contribution in [1.82, 2.24) is 30.0 Å². The molecule has 3 unspecified atom stereocenters. The number of aromatic nitrogens is 2. The number of piperazine rings is 1. The fraction of sp³-hybridized carbons (Fsp3) is 0.877. The lowest BCUT2D eigenvalue weighted by atomic mass is 9.76. The van der Waals surface area contributed by atoms with Crippen molar-refractivity contribution in [3.63, 3.8) is 0 Å². The monoisotopic (exact) mass is 989 g/mol.